The zero-order valence-electron chi connectivity index (χ0n) is 17.0. The van der Waals surface area contributed by atoms with Gasteiger partial charge in [0, 0.05) is 32.7 Å². The molecule has 0 bridgehead atoms. The largest absolute Gasteiger partial charge is 0.494 e. The third kappa shape index (κ3) is 4.32. The standard InChI is InChI=1S/C22H32N2O4/c1-3-28-18-8-6-7-17(15-18)16-23-21(26)22-11-5-4-9-19(22)24(13-14-27-2)20(25)10-12-22/h6-8,15,19H,3-5,9-14,16H2,1-2H3,(H,23,26)/t19-,22-/m1/s1. The number of hydrogen-bond donors (Lipinski definition) is 1. The molecular formula is C22H32N2O4. The lowest BCUT2D eigenvalue weighted by atomic mass is 9.64. The van der Waals surface area contributed by atoms with Crippen LogP contribution in [0.15, 0.2) is 24.3 Å². The van der Waals surface area contributed by atoms with E-state index in [9.17, 15) is 9.59 Å². The third-order valence-electron chi connectivity index (χ3n) is 6.12. The fraction of sp³-hybridized carbons (Fsp3) is 0.636. The molecule has 2 amide bonds. The van der Waals surface area contributed by atoms with E-state index in [1.165, 1.54) is 0 Å². The van der Waals surface area contributed by atoms with Crippen LogP contribution in [-0.2, 0) is 20.9 Å². The van der Waals surface area contributed by atoms with Crippen LogP contribution in [0.4, 0.5) is 0 Å². The van der Waals surface area contributed by atoms with Crippen LogP contribution in [0.2, 0.25) is 0 Å². The van der Waals surface area contributed by atoms with E-state index in [0.29, 0.717) is 39.1 Å². The summed E-state index contributed by atoms with van der Waals surface area (Å²) in [6.07, 6.45) is 4.92. The highest BCUT2D eigenvalue weighted by Gasteiger charge is 2.52. The lowest BCUT2D eigenvalue weighted by molar-refractivity contribution is -0.156. The molecule has 1 heterocycles. The Hall–Kier alpha value is -2.08. The fourth-order valence-electron chi connectivity index (χ4n) is 4.73. The van der Waals surface area contributed by atoms with Gasteiger partial charge in [-0.1, -0.05) is 25.0 Å². The molecule has 2 atom stereocenters. The van der Waals surface area contributed by atoms with Gasteiger partial charge in [-0.25, -0.2) is 0 Å². The van der Waals surface area contributed by atoms with Gasteiger partial charge in [0.2, 0.25) is 11.8 Å². The van der Waals surface area contributed by atoms with Gasteiger partial charge in [0.15, 0.2) is 0 Å². The Morgan fingerprint density at radius 3 is 2.96 bits per heavy atom. The molecule has 6 heteroatoms. The van der Waals surface area contributed by atoms with Gasteiger partial charge in [-0.15, -0.1) is 0 Å². The van der Waals surface area contributed by atoms with E-state index >= 15 is 0 Å². The molecular weight excluding hydrogens is 356 g/mol. The molecule has 2 fully saturated rings. The van der Waals surface area contributed by atoms with Crippen molar-refractivity contribution in [3.8, 4) is 5.75 Å². The van der Waals surface area contributed by atoms with Crippen LogP contribution in [0.5, 0.6) is 5.75 Å². The predicted molar refractivity (Wildman–Crippen MR) is 107 cm³/mol. The maximum atomic E-state index is 13.4. The van der Waals surface area contributed by atoms with Crippen molar-refractivity contribution in [1.29, 1.82) is 0 Å². The van der Waals surface area contributed by atoms with Crippen LogP contribution in [0.1, 0.15) is 51.0 Å². The summed E-state index contributed by atoms with van der Waals surface area (Å²) < 4.78 is 10.7. The number of carbonyl (C=O) groups is 2. The molecule has 1 saturated carbocycles. The van der Waals surface area contributed by atoms with E-state index < -0.39 is 5.41 Å². The van der Waals surface area contributed by atoms with Gasteiger partial charge in [-0.2, -0.15) is 0 Å². The predicted octanol–water partition coefficient (Wildman–Crippen LogP) is 2.90. The number of fused-ring (bicyclic) bond motifs is 1. The molecule has 1 saturated heterocycles. The van der Waals surface area contributed by atoms with E-state index in [-0.39, 0.29) is 17.9 Å². The summed E-state index contributed by atoms with van der Waals surface area (Å²) in [5.74, 6) is 1.04. The number of methoxy groups -OCH3 is 1. The van der Waals surface area contributed by atoms with Crippen LogP contribution in [0.3, 0.4) is 0 Å². The number of benzene rings is 1. The normalized spacial score (nSPS) is 24.6. The minimum atomic E-state index is -0.475. The minimum Gasteiger partial charge on any atom is -0.494 e. The Labute approximate surface area is 167 Å². The highest BCUT2D eigenvalue weighted by Crippen LogP contribution is 2.46. The van der Waals surface area contributed by atoms with E-state index in [0.717, 1.165) is 37.0 Å². The number of amides is 2. The number of rotatable bonds is 8. The van der Waals surface area contributed by atoms with Crippen LogP contribution in [0.25, 0.3) is 0 Å². The SMILES string of the molecule is CCOc1cccc(CNC(=O)[C@@]23CCCC[C@H]2N(CCOC)C(=O)CC3)c1. The molecule has 1 aromatic carbocycles. The molecule has 154 valence electrons. The summed E-state index contributed by atoms with van der Waals surface area (Å²) in [5.41, 5.74) is 0.545. The molecule has 3 rings (SSSR count). The smallest absolute Gasteiger partial charge is 0.228 e. The fourth-order valence-corrected chi connectivity index (χ4v) is 4.73. The van der Waals surface area contributed by atoms with Gasteiger partial charge in [0.05, 0.1) is 18.6 Å². The van der Waals surface area contributed by atoms with Crippen LogP contribution in [-0.4, -0.2) is 49.6 Å². The number of ether oxygens (including phenoxy) is 2. The number of piperidine rings is 1. The molecule has 1 aliphatic carbocycles. The Balaban J connectivity index is 1.72. The first-order chi connectivity index (χ1) is 13.6. The molecule has 0 unspecified atom stereocenters. The van der Waals surface area contributed by atoms with Crippen molar-refractivity contribution in [2.45, 2.75) is 58.0 Å². The highest BCUT2D eigenvalue weighted by atomic mass is 16.5. The van der Waals surface area contributed by atoms with Crippen molar-refractivity contribution >= 4 is 11.8 Å². The number of hydrogen-bond acceptors (Lipinski definition) is 4. The van der Waals surface area contributed by atoms with Gasteiger partial charge < -0.3 is 19.7 Å². The molecule has 2 aliphatic rings. The van der Waals surface area contributed by atoms with Crippen molar-refractivity contribution in [3.05, 3.63) is 29.8 Å². The van der Waals surface area contributed by atoms with E-state index in [4.69, 9.17) is 9.47 Å². The number of carbonyl (C=O) groups excluding carboxylic acids is 2. The van der Waals surface area contributed by atoms with Crippen LogP contribution in [0, 0.1) is 5.41 Å². The van der Waals surface area contributed by atoms with Gasteiger partial charge in [-0.05, 0) is 43.9 Å². The number of nitrogens with one attached hydrogen (secondary N) is 1. The summed E-state index contributed by atoms with van der Waals surface area (Å²) in [4.78, 5) is 27.8. The first-order valence-corrected chi connectivity index (χ1v) is 10.4. The van der Waals surface area contributed by atoms with Gasteiger partial charge >= 0.3 is 0 Å². The van der Waals surface area contributed by atoms with E-state index in [2.05, 4.69) is 5.32 Å². The maximum Gasteiger partial charge on any atom is 0.228 e. The Morgan fingerprint density at radius 2 is 2.18 bits per heavy atom. The van der Waals surface area contributed by atoms with Crippen molar-refractivity contribution in [1.82, 2.24) is 10.2 Å². The van der Waals surface area contributed by atoms with E-state index in [1.807, 2.05) is 36.1 Å². The van der Waals surface area contributed by atoms with Crippen LogP contribution >= 0.6 is 0 Å². The lowest BCUT2D eigenvalue weighted by Crippen LogP contribution is -2.62. The summed E-state index contributed by atoms with van der Waals surface area (Å²) in [6, 6.07) is 7.81. The lowest BCUT2D eigenvalue weighted by Gasteiger charge is -2.51. The third-order valence-corrected chi connectivity index (χ3v) is 6.12. The topological polar surface area (TPSA) is 67.9 Å². The molecule has 1 aliphatic heterocycles. The summed E-state index contributed by atoms with van der Waals surface area (Å²) in [7, 11) is 1.64. The average Bonchev–Trinajstić information content (AvgIpc) is 2.72. The van der Waals surface area contributed by atoms with Crippen molar-refractivity contribution in [2.24, 2.45) is 5.41 Å². The molecule has 0 aromatic heterocycles. The Kier molecular flexibility index (Phi) is 6.94. The van der Waals surface area contributed by atoms with Gasteiger partial charge in [0.1, 0.15) is 5.75 Å². The number of nitrogens with zero attached hydrogens (tertiary/aromatic N) is 1. The first kappa shape index (κ1) is 20.6. The second-order valence-electron chi connectivity index (χ2n) is 7.76. The Bertz CT molecular complexity index is 693. The molecule has 6 nitrogen and oxygen atoms in total. The molecule has 0 radical (unpaired) electrons. The number of likely N-dealkylation sites (tertiary alicyclic amines) is 1. The summed E-state index contributed by atoms with van der Waals surface area (Å²) in [5, 5.41) is 3.16. The zero-order chi connectivity index (χ0) is 20.0. The molecule has 0 spiro atoms. The van der Waals surface area contributed by atoms with Crippen molar-refractivity contribution in [2.75, 3.05) is 26.9 Å². The molecule has 28 heavy (non-hydrogen) atoms. The van der Waals surface area contributed by atoms with Crippen molar-refractivity contribution < 1.29 is 19.1 Å². The highest BCUT2D eigenvalue weighted by molar-refractivity contribution is 5.88. The molecule has 1 aromatic rings. The zero-order valence-corrected chi connectivity index (χ0v) is 17.0. The van der Waals surface area contributed by atoms with Crippen LogP contribution < -0.4 is 10.1 Å². The second kappa shape index (κ2) is 9.41. The van der Waals surface area contributed by atoms with Gasteiger partial charge in [0.25, 0.3) is 0 Å². The minimum absolute atomic E-state index is 0.0209. The monoisotopic (exact) mass is 388 g/mol. The summed E-state index contributed by atoms with van der Waals surface area (Å²) in [6.45, 7) is 4.11. The second-order valence-corrected chi connectivity index (χ2v) is 7.76. The summed E-state index contributed by atoms with van der Waals surface area (Å²) >= 11 is 0. The Morgan fingerprint density at radius 1 is 1.32 bits per heavy atom. The quantitative estimate of drug-likeness (QED) is 0.744. The van der Waals surface area contributed by atoms with Crippen molar-refractivity contribution in [3.63, 3.8) is 0 Å². The maximum absolute atomic E-state index is 13.4. The van der Waals surface area contributed by atoms with E-state index in [1.54, 1.807) is 7.11 Å². The molecule has 1 N–H and O–H groups in total. The van der Waals surface area contributed by atoms with Gasteiger partial charge in [-0.3, -0.25) is 9.59 Å². The average molecular weight is 389 g/mol. The first-order valence-electron chi connectivity index (χ1n) is 10.4.